The number of ether oxygens (including phenoxy) is 2. The molecule has 1 heterocycles. The van der Waals surface area contributed by atoms with Gasteiger partial charge in [-0.2, -0.15) is 5.26 Å². The van der Waals surface area contributed by atoms with Crippen molar-refractivity contribution < 1.29 is 23.9 Å². The van der Waals surface area contributed by atoms with Gasteiger partial charge in [-0.1, -0.05) is 36.0 Å². The second-order valence-corrected chi connectivity index (χ2v) is 8.91. The van der Waals surface area contributed by atoms with Crippen molar-refractivity contribution in [2.24, 2.45) is 5.92 Å². The Balaban J connectivity index is 1.92. The Kier molecular flexibility index (Phi) is 8.55. The SMILES string of the molecule is CCOC(=O)C1C(=O)NC(SCC(=O)Nc2ccc(C)c(C)c2)=C(C#N)C1c1ccccc1OC. The van der Waals surface area contributed by atoms with Crippen LogP contribution < -0.4 is 15.4 Å². The van der Waals surface area contributed by atoms with E-state index in [1.54, 1.807) is 31.2 Å². The molecule has 0 saturated carbocycles. The lowest BCUT2D eigenvalue weighted by atomic mass is 9.78. The highest BCUT2D eigenvalue weighted by Crippen LogP contribution is 2.43. The maximum atomic E-state index is 13.1. The van der Waals surface area contributed by atoms with E-state index in [9.17, 15) is 19.6 Å². The zero-order chi connectivity index (χ0) is 25.5. The lowest BCUT2D eigenvalue weighted by molar-refractivity contribution is -0.152. The molecular weight excluding hydrogens is 466 g/mol. The molecule has 0 saturated heterocycles. The number of para-hydroxylation sites is 1. The summed E-state index contributed by atoms with van der Waals surface area (Å²) < 4.78 is 10.6. The van der Waals surface area contributed by atoms with E-state index in [0.29, 0.717) is 17.0 Å². The number of thioether (sulfide) groups is 1. The monoisotopic (exact) mass is 493 g/mol. The van der Waals surface area contributed by atoms with Crippen LogP contribution in [0, 0.1) is 31.1 Å². The molecule has 182 valence electrons. The van der Waals surface area contributed by atoms with Crippen molar-refractivity contribution in [3.63, 3.8) is 0 Å². The van der Waals surface area contributed by atoms with E-state index in [-0.39, 0.29) is 28.9 Å². The van der Waals surface area contributed by atoms with Crippen LogP contribution in [-0.2, 0) is 19.1 Å². The molecule has 8 nitrogen and oxygen atoms in total. The number of esters is 1. The van der Waals surface area contributed by atoms with E-state index in [1.165, 1.54) is 7.11 Å². The first-order valence-corrected chi connectivity index (χ1v) is 12.0. The quantitative estimate of drug-likeness (QED) is 0.424. The Morgan fingerprint density at radius 1 is 1.17 bits per heavy atom. The third kappa shape index (κ3) is 5.84. The molecule has 2 amide bonds. The Labute approximate surface area is 208 Å². The van der Waals surface area contributed by atoms with E-state index in [2.05, 4.69) is 16.7 Å². The van der Waals surface area contributed by atoms with Gasteiger partial charge in [0.15, 0.2) is 0 Å². The Hall–Kier alpha value is -3.77. The van der Waals surface area contributed by atoms with Crippen molar-refractivity contribution in [1.82, 2.24) is 5.32 Å². The average molecular weight is 494 g/mol. The highest BCUT2D eigenvalue weighted by molar-refractivity contribution is 8.03. The third-order valence-corrected chi connectivity index (χ3v) is 6.70. The van der Waals surface area contributed by atoms with Gasteiger partial charge in [0.25, 0.3) is 0 Å². The number of anilines is 1. The number of hydrogen-bond donors (Lipinski definition) is 2. The molecule has 3 rings (SSSR count). The summed E-state index contributed by atoms with van der Waals surface area (Å²) in [5, 5.41) is 15.8. The zero-order valence-electron chi connectivity index (χ0n) is 20.0. The number of carbonyl (C=O) groups is 3. The highest BCUT2D eigenvalue weighted by atomic mass is 32.2. The van der Waals surface area contributed by atoms with Gasteiger partial charge in [0.05, 0.1) is 36.1 Å². The Bertz CT molecular complexity index is 1220. The van der Waals surface area contributed by atoms with Gasteiger partial charge in [-0.3, -0.25) is 14.4 Å². The minimum atomic E-state index is -1.27. The molecule has 1 aliphatic rings. The molecule has 0 bridgehead atoms. The molecule has 9 heteroatoms. The number of rotatable bonds is 8. The Morgan fingerprint density at radius 3 is 2.57 bits per heavy atom. The fraction of sp³-hybridized carbons (Fsp3) is 0.308. The van der Waals surface area contributed by atoms with Crippen LogP contribution in [0.1, 0.15) is 29.5 Å². The summed E-state index contributed by atoms with van der Waals surface area (Å²) in [6.45, 7) is 5.68. The molecule has 2 atom stereocenters. The largest absolute Gasteiger partial charge is 0.496 e. The van der Waals surface area contributed by atoms with Gasteiger partial charge >= 0.3 is 5.97 Å². The molecule has 2 N–H and O–H groups in total. The lowest BCUT2D eigenvalue weighted by Crippen LogP contribution is -2.44. The second-order valence-electron chi connectivity index (χ2n) is 7.93. The predicted octanol–water partition coefficient (Wildman–Crippen LogP) is 3.81. The van der Waals surface area contributed by atoms with E-state index >= 15 is 0 Å². The minimum Gasteiger partial charge on any atom is -0.496 e. The molecule has 0 fully saturated rings. The van der Waals surface area contributed by atoms with Crippen LogP contribution in [0.2, 0.25) is 0 Å². The molecule has 1 aliphatic heterocycles. The number of benzene rings is 2. The summed E-state index contributed by atoms with van der Waals surface area (Å²) in [5.41, 5.74) is 3.50. The summed E-state index contributed by atoms with van der Waals surface area (Å²) in [4.78, 5) is 38.4. The maximum Gasteiger partial charge on any atom is 0.319 e. The number of nitrogens with one attached hydrogen (secondary N) is 2. The highest BCUT2D eigenvalue weighted by Gasteiger charge is 2.45. The van der Waals surface area contributed by atoms with Gasteiger partial charge in [-0.15, -0.1) is 0 Å². The number of methoxy groups -OCH3 is 1. The van der Waals surface area contributed by atoms with E-state index in [0.717, 1.165) is 22.9 Å². The first-order valence-electron chi connectivity index (χ1n) is 11.0. The van der Waals surface area contributed by atoms with Crippen LogP contribution in [0.15, 0.2) is 53.1 Å². The van der Waals surface area contributed by atoms with Crippen LogP contribution in [-0.4, -0.2) is 37.3 Å². The molecule has 2 aromatic rings. The average Bonchev–Trinajstić information content (AvgIpc) is 2.84. The van der Waals surface area contributed by atoms with Crippen LogP contribution in [0.4, 0.5) is 5.69 Å². The van der Waals surface area contributed by atoms with Gasteiger partial charge in [0.2, 0.25) is 11.8 Å². The topological polar surface area (TPSA) is 118 Å². The van der Waals surface area contributed by atoms with Crippen molar-refractivity contribution in [2.75, 3.05) is 24.8 Å². The van der Waals surface area contributed by atoms with Crippen LogP contribution in [0.25, 0.3) is 0 Å². The molecule has 0 aromatic heterocycles. The minimum absolute atomic E-state index is 0.0452. The molecule has 2 aromatic carbocycles. The van der Waals surface area contributed by atoms with E-state index < -0.39 is 23.7 Å². The zero-order valence-corrected chi connectivity index (χ0v) is 20.8. The second kappa shape index (κ2) is 11.6. The van der Waals surface area contributed by atoms with Crippen molar-refractivity contribution >= 4 is 35.2 Å². The van der Waals surface area contributed by atoms with Gasteiger partial charge < -0.3 is 20.1 Å². The molecule has 2 unspecified atom stereocenters. The first-order chi connectivity index (χ1) is 16.8. The van der Waals surface area contributed by atoms with Gasteiger partial charge in [0.1, 0.15) is 11.7 Å². The number of nitriles is 1. The van der Waals surface area contributed by atoms with Gasteiger partial charge in [-0.05, 0) is 50.1 Å². The van der Waals surface area contributed by atoms with Crippen LogP contribution >= 0.6 is 11.8 Å². The number of hydrogen-bond acceptors (Lipinski definition) is 7. The molecule has 0 spiro atoms. The van der Waals surface area contributed by atoms with Crippen molar-refractivity contribution in [3.8, 4) is 11.8 Å². The Morgan fingerprint density at radius 2 is 1.91 bits per heavy atom. The summed E-state index contributed by atoms with van der Waals surface area (Å²) in [6, 6.07) is 14.7. The number of amides is 2. The number of carbonyl (C=O) groups excluding carboxylic acids is 3. The third-order valence-electron chi connectivity index (χ3n) is 5.68. The fourth-order valence-electron chi connectivity index (χ4n) is 3.84. The van der Waals surface area contributed by atoms with Crippen molar-refractivity contribution in [2.45, 2.75) is 26.7 Å². The molecule has 0 radical (unpaired) electrons. The van der Waals surface area contributed by atoms with Gasteiger partial charge in [0, 0.05) is 17.2 Å². The molecular formula is C26H27N3O5S. The van der Waals surface area contributed by atoms with Crippen LogP contribution in [0.3, 0.4) is 0 Å². The van der Waals surface area contributed by atoms with Crippen molar-refractivity contribution in [1.29, 1.82) is 5.26 Å². The molecule has 0 aliphatic carbocycles. The van der Waals surface area contributed by atoms with Crippen molar-refractivity contribution in [3.05, 3.63) is 69.8 Å². The predicted molar refractivity (Wildman–Crippen MR) is 134 cm³/mol. The normalized spacial score (nSPS) is 17.3. The van der Waals surface area contributed by atoms with Gasteiger partial charge in [-0.25, -0.2) is 0 Å². The summed E-state index contributed by atoms with van der Waals surface area (Å²) in [5.74, 6) is -3.43. The van der Waals surface area contributed by atoms with Crippen LogP contribution in [0.5, 0.6) is 5.75 Å². The summed E-state index contributed by atoms with van der Waals surface area (Å²) >= 11 is 1.03. The van der Waals surface area contributed by atoms with E-state index in [4.69, 9.17) is 9.47 Å². The summed E-state index contributed by atoms with van der Waals surface area (Å²) in [6.07, 6.45) is 0. The number of allylic oxidation sites excluding steroid dienone is 1. The number of aryl methyl sites for hydroxylation is 2. The molecule has 35 heavy (non-hydrogen) atoms. The smallest absolute Gasteiger partial charge is 0.319 e. The van der Waals surface area contributed by atoms with E-state index in [1.807, 2.05) is 32.0 Å². The summed E-state index contributed by atoms with van der Waals surface area (Å²) in [7, 11) is 1.48. The standard InChI is InChI=1S/C26H27N3O5S/c1-5-34-26(32)23-22(18-8-6-7-9-20(18)33-4)19(13-27)25(29-24(23)31)35-14-21(30)28-17-11-10-15(2)16(3)12-17/h6-12,22-23H,5,14H2,1-4H3,(H,28,30)(H,29,31). The fourth-order valence-corrected chi connectivity index (χ4v) is 4.69. The maximum absolute atomic E-state index is 13.1. The first kappa shape index (κ1) is 25.8. The number of nitrogens with zero attached hydrogens (tertiary/aromatic N) is 1. The lowest BCUT2D eigenvalue weighted by Gasteiger charge is -2.31.